The van der Waals surface area contributed by atoms with E-state index in [1.807, 2.05) is 16.7 Å². The van der Waals surface area contributed by atoms with Gasteiger partial charge in [0, 0.05) is 52.1 Å². The number of hydrogen-bond acceptors (Lipinski definition) is 3. The molecule has 1 aliphatic heterocycles. The van der Waals surface area contributed by atoms with Crippen LogP contribution in [0.5, 0.6) is 0 Å². The Balaban J connectivity index is 2.19. The maximum absolute atomic E-state index is 12.4. The van der Waals surface area contributed by atoms with E-state index in [9.17, 15) is 9.59 Å². The van der Waals surface area contributed by atoms with Gasteiger partial charge in [0.1, 0.15) is 0 Å². The van der Waals surface area contributed by atoms with Crippen molar-refractivity contribution >= 4 is 17.8 Å². The van der Waals surface area contributed by atoms with E-state index in [0.717, 1.165) is 31.8 Å². The normalized spacial score (nSPS) is 14.8. The van der Waals surface area contributed by atoms with Gasteiger partial charge in [-0.05, 0) is 25.7 Å². The van der Waals surface area contributed by atoms with Crippen molar-refractivity contribution < 1.29 is 9.59 Å². The third kappa shape index (κ3) is 9.63. The maximum Gasteiger partial charge on any atom is 0.222 e. The number of rotatable bonds is 10. The van der Waals surface area contributed by atoms with Crippen molar-refractivity contribution in [1.29, 1.82) is 0 Å². The van der Waals surface area contributed by atoms with Gasteiger partial charge in [0.2, 0.25) is 11.8 Å². The number of amides is 2. The predicted molar refractivity (Wildman–Crippen MR) is 114 cm³/mol. The smallest absolute Gasteiger partial charge is 0.222 e. The number of unbranched alkanes of at least 4 members (excludes halogenated alkanes) is 2. The molecule has 0 aromatic carbocycles. The highest BCUT2D eigenvalue weighted by Crippen LogP contribution is 2.10. The Morgan fingerprint density at radius 1 is 1.04 bits per heavy atom. The van der Waals surface area contributed by atoms with Crippen LogP contribution >= 0.6 is 0 Å². The monoisotopic (exact) mass is 391 g/mol. The van der Waals surface area contributed by atoms with Crippen molar-refractivity contribution in [2.24, 2.45) is 10.9 Å². The van der Waals surface area contributed by atoms with Crippen LogP contribution < -0.4 is 10.6 Å². The van der Waals surface area contributed by atoms with Crippen LogP contribution in [0.1, 0.15) is 52.9 Å². The van der Waals surface area contributed by atoms with Crippen molar-refractivity contribution in [3.05, 3.63) is 0 Å². The molecule has 0 radical (unpaired) electrons. The van der Waals surface area contributed by atoms with Crippen molar-refractivity contribution in [3.63, 3.8) is 0 Å². The van der Waals surface area contributed by atoms with Gasteiger partial charge in [-0.1, -0.05) is 26.2 Å². The van der Waals surface area contributed by atoms with E-state index in [2.05, 4.69) is 35.4 Å². The number of hydrogen-bond donors (Lipinski definition) is 2. The van der Waals surface area contributed by atoms with Crippen LogP contribution in [0.15, 0.2) is 4.99 Å². The molecule has 0 atom stereocenters. The zero-order valence-corrected chi connectivity index (χ0v) is 17.8. The van der Waals surface area contributed by atoms with Crippen molar-refractivity contribution in [2.75, 3.05) is 45.8 Å². The molecular formula is C21H37N5O2. The van der Waals surface area contributed by atoms with Gasteiger partial charge in [-0.3, -0.25) is 14.6 Å². The number of nitrogens with one attached hydrogen (secondary N) is 2. The fourth-order valence-corrected chi connectivity index (χ4v) is 3.07. The fourth-order valence-electron chi connectivity index (χ4n) is 3.07. The summed E-state index contributed by atoms with van der Waals surface area (Å²) < 4.78 is 0. The number of nitrogens with zero attached hydrogens (tertiary/aromatic N) is 3. The Hall–Kier alpha value is -2.23. The van der Waals surface area contributed by atoms with Crippen LogP contribution in [0.4, 0.5) is 0 Å². The number of guanidine groups is 1. The van der Waals surface area contributed by atoms with E-state index in [4.69, 9.17) is 6.42 Å². The highest BCUT2D eigenvalue weighted by atomic mass is 16.2. The zero-order valence-electron chi connectivity index (χ0n) is 17.8. The summed E-state index contributed by atoms with van der Waals surface area (Å²) in [4.78, 5) is 32.7. The van der Waals surface area contributed by atoms with Crippen molar-refractivity contribution in [3.8, 4) is 12.3 Å². The Kier molecular flexibility index (Phi) is 11.8. The van der Waals surface area contributed by atoms with Gasteiger partial charge in [0.15, 0.2) is 5.96 Å². The van der Waals surface area contributed by atoms with Gasteiger partial charge in [-0.25, -0.2) is 0 Å². The first-order valence-corrected chi connectivity index (χ1v) is 10.5. The lowest BCUT2D eigenvalue weighted by Crippen LogP contribution is -2.50. The van der Waals surface area contributed by atoms with Crippen LogP contribution in [-0.4, -0.2) is 73.4 Å². The van der Waals surface area contributed by atoms with Crippen molar-refractivity contribution in [2.45, 2.75) is 52.9 Å². The molecule has 28 heavy (non-hydrogen) atoms. The summed E-state index contributed by atoms with van der Waals surface area (Å²) in [5.74, 6) is 4.05. The molecule has 0 aromatic rings. The Morgan fingerprint density at radius 2 is 1.68 bits per heavy atom. The largest absolute Gasteiger partial charge is 0.357 e. The molecule has 7 heteroatoms. The molecule has 1 rings (SSSR count). The molecule has 2 amide bonds. The summed E-state index contributed by atoms with van der Waals surface area (Å²) in [6.07, 6.45) is 9.18. The predicted octanol–water partition coefficient (Wildman–Crippen LogP) is 1.45. The molecule has 0 aromatic heterocycles. The minimum absolute atomic E-state index is 0.198. The molecule has 1 saturated heterocycles. The summed E-state index contributed by atoms with van der Waals surface area (Å²) in [7, 11) is 0. The lowest BCUT2D eigenvalue weighted by Gasteiger charge is -2.35. The molecule has 0 spiro atoms. The maximum atomic E-state index is 12.4. The first-order chi connectivity index (χ1) is 13.5. The highest BCUT2D eigenvalue weighted by molar-refractivity contribution is 5.80. The lowest BCUT2D eigenvalue weighted by molar-refractivity contribution is -0.140. The lowest BCUT2D eigenvalue weighted by atomic mass is 10.1. The molecule has 158 valence electrons. The first-order valence-electron chi connectivity index (χ1n) is 10.5. The van der Waals surface area contributed by atoms with Gasteiger partial charge in [0.05, 0.1) is 6.54 Å². The number of aliphatic imine (C=N–C) groups is 1. The second kappa shape index (κ2) is 13.9. The van der Waals surface area contributed by atoms with Gasteiger partial charge < -0.3 is 20.4 Å². The molecule has 0 bridgehead atoms. The SMILES string of the molecule is C#CCNC(=NCCCCCC(=O)N1CCN(C(=O)CC(C)C)CC1)NCC. The number of carbonyl (C=O) groups excluding carboxylic acids is 2. The molecule has 0 saturated carbocycles. The molecule has 0 aliphatic carbocycles. The second-order valence-electron chi connectivity index (χ2n) is 7.49. The Morgan fingerprint density at radius 3 is 2.25 bits per heavy atom. The zero-order chi connectivity index (χ0) is 20.8. The van der Waals surface area contributed by atoms with Gasteiger partial charge in [-0.2, -0.15) is 0 Å². The molecule has 0 unspecified atom stereocenters. The number of carbonyl (C=O) groups is 2. The summed E-state index contributed by atoms with van der Waals surface area (Å²) in [6, 6.07) is 0. The highest BCUT2D eigenvalue weighted by Gasteiger charge is 2.23. The average Bonchev–Trinajstić information content (AvgIpc) is 2.68. The number of piperazine rings is 1. The fraction of sp³-hybridized carbons (Fsp3) is 0.762. The van der Waals surface area contributed by atoms with Crippen LogP contribution in [-0.2, 0) is 9.59 Å². The third-order valence-corrected chi connectivity index (χ3v) is 4.59. The molecule has 1 heterocycles. The van der Waals surface area contributed by atoms with Crippen LogP contribution in [0.3, 0.4) is 0 Å². The van der Waals surface area contributed by atoms with Gasteiger partial charge in [-0.15, -0.1) is 6.42 Å². The summed E-state index contributed by atoms with van der Waals surface area (Å²) in [5.41, 5.74) is 0. The molecule has 1 fully saturated rings. The Labute approximate surface area is 170 Å². The second-order valence-corrected chi connectivity index (χ2v) is 7.49. The summed E-state index contributed by atoms with van der Waals surface area (Å²) in [5, 5.41) is 6.20. The third-order valence-electron chi connectivity index (χ3n) is 4.59. The van der Waals surface area contributed by atoms with E-state index in [1.165, 1.54) is 0 Å². The van der Waals surface area contributed by atoms with Crippen LogP contribution in [0.2, 0.25) is 0 Å². The van der Waals surface area contributed by atoms with E-state index >= 15 is 0 Å². The number of terminal acetylenes is 1. The van der Waals surface area contributed by atoms with Crippen LogP contribution in [0, 0.1) is 18.3 Å². The first kappa shape index (κ1) is 23.8. The molecule has 1 aliphatic rings. The topological polar surface area (TPSA) is 77.0 Å². The minimum Gasteiger partial charge on any atom is -0.357 e. The van der Waals surface area contributed by atoms with Crippen LogP contribution in [0.25, 0.3) is 0 Å². The van der Waals surface area contributed by atoms with E-state index in [-0.39, 0.29) is 11.8 Å². The Bertz CT molecular complexity index is 545. The summed E-state index contributed by atoms with van der Waals surface area (Å²) >= 11 is 0. The van der Waals surface area contributed by atoms with Gasteiger partial charge in [0.25, 0.3) is 0 Å². The molecule has 7 nitrogen and oxygen atoms in total. The quantitative estimate of drug-likeness (QED) is 0.256. The molecule has 2 N–H and O–H groups in total. The van der Waals surface area contributed by atoms with Crippen molar-refractivity contribution in [1.82, 2.24) is 20.4 Å². The molecular weight excluding hydrogens is 354 g/mol. The average molecular weight is 392 g/mol. The summed E-state index contributed by atoms with van der Waals surface area (Å²) in [6.45, 7) is 10.7. The van der Waals surface area contributed by atoms with E-state index in [0.29, 0.717) is 58.0 Å². The van der Waals surface area contributed by atoms with E-state index in [1.54, 1.807) is 0 Å². The standard InChI is InChI=1S/C21H37N5O2/c1-5-11-23-21(22-6-2)24-12-9-7-8-10-19(27)25-13-15-26(16-14-25)20(28)17-18(3)4/h1,18H,6-17H2,2-4H3,(H2,22,23,24). The van der Waals surface area contributed by atoms with E-state index < -0.39 is 0 Å². The minimum atomic E-state index is 0.198. The van der Waals surface area contributed by atoms with Gasteiger partial charge >= 0.3 is 0 Å².